The van der Waals surface area contributed by atoms with E-state index in [0.29, 0.717) is 6.54 Å². The maximum absolute atomic E-state index is 14.2. The Morgan fingerprint density at radius 2 is 2.00 bits per heavy atom. The van der Waals surface area contributed by atoms with Crippen molar-refractivity contribution in [2.75, 3.05) is 6.54 Å². The number of sulfonamides is 1. The second-order valence-corrected chi connectivity index (χ2v) is 6.74. The molecule has 112 valence electrons. The highest BCUT2D eigenvalue weighted by molar-refractivity contribution is 7.89. The molecule has 20 heavy (non-hydrogen) atoms. The third kappa shape index (κ3) is 3.16. The van der Waals surface area contributed by atoms with Gasteiger partial charge in [0.15, 0.2) is 5.82 Å². The number of halogens is 2. The fourth-order valence-corrected chi connectivity index (χ4v) is 3.41. The number of hydrogen-bond donors (Lipinski definition) is 2. The molecule has 0 aliphatic heterocycles. The molecule has 4 nitrogen and oxygen atoms in total. The topological polar surface area (TPSA) is 58.2 Å². The van der Waals surface area contributed by atoms with E-state index in [2.05, 4.69) is 10.0 Å². The quantitative estimate of drug-likeness (QED) is 0.842. The summed E-state index contributed by atoms with van der Waals surface area (Å²) >= 11 is 0. The highest BCUT2D eigenvalue weighted by Gasteiger charge is 2.37. The van der Waals surface area contributed by atoms with Crippen molar-refractivity contribution in [3.05, 3.63) is 29.3 Å². The van der Waals surface area contributed by atoms with Crippen LogP contribution in [0, 0.1) is 17.6 Å². The molecule has 0 aromatic heterocycles. The fourth-order valence-electron chi connectivity index (χ4n) is 1.94. The van der Waals surface area contributed by atoms with Crippen LogP contribution in [0.15, 0.2) is 17.0 Å². The van der Waals surface area contributed by atoms with Crippen molar-refractivity contribution in [3.63, 3.8) is 0 Å². The van der Waals surface area contributed by atoms with Crippen molar-refractivity contribution in [2.45, 2.75) is 37.8 Å². The van der Waals surface area contributed by atoms with Gasteiger partial charge in [-0.1, -0.05) is 13.8 Å². The van der Waals surface area contributed by atoms with Gasteiger partial charge in [-0.3, -0.25) is 0 Å². The van der Waals surface area contributed by atoms with Crippen LogP contribution in [0.5, 0.6) is 0 Å². The number of hydrogen-bond acceptors (Lipinski definition) is 3. The Balaban J connectivity index is 2.31. The third-order valence-electron chi connectivity index (χ3n) is 3.41. The van der Waals surface area contributed by atoms with E-state index in [1.54, 1.807) is 6.92 Å². The maximum Gasteiger partial charge on any atom is 0.243 e. The number of rotatable bonds is 6. The molecule has 2 N–H and O–H groups in total. The normalized spacial score (nSPS) is 22.0. The average Bonchev–Trinajstić information content (AvgIpc) is 3.03. The summed E-state index contributed by atoms with van der Waals surface area (Å²) in [5.74, 6) is -1.51. The van der Waals surface area contributed by atoms with Crippen molar-refractivity contribution < 1.29 is 17.2 Å². The minimum absolute atomic E-state index is 0.0443. The van der Waals surface area contributed by atoms with Gasteiger partial charge in [-0.2, -0.15) is 0 Å². The lowest BCUT2D eigenvalue weighted by Gasteiger charge is -2.11. The molecule has 0 amide bonds. The average molecular weight is 304 g/mol. The van der Waals surface area contributed by atoms with Gasteiger partial charge in [0, 0.05) is 18.2 Å². The van der Waals surface area contributed by atoms with Crippen molar-refractivity contribution in [1.82, 2.24) is 10.0 Å². The van der Waals surface area contributed by atoms with E-state index in [1.807, 2.05) is 6.92 Å². The Hall–Kier alpha value is -1.05. The number of nitrogens with one attached hydrogen (secondary N) is 2. The van der Waals surface area contributed by atoms with Gasteiger partial charge in [-0.25, -0.2) is 21.9 Å². The van der Waals surface area contributed by atoms with E-state index in [-0.39, 0.29) is 24.1 Å². The molecule has 0 radical (unpaired) electrons. The smallest absolute Gasteiger partial charge is 0.243 e. The predicted molar refractivity (Wildman–Crippen MR) is 71.6 cm³/mol. The Labute approximate surface area is 117 Å². The Kier molecular flexibility index (Phi) is 4.41. The molecule has 2 rings (SSSR count). The van der Waals surface area contributed by atoms with Gasteiger partial charge in [0.05, 0.1) is 0 Å². The first-order chi connectivity index (χ1) is 9.36. The summed E-state index contributed by atoms with van der Waals surface area (Å²) in [6, 6.07) is 1.80. The van der Waals surface area contributed by atoms with Gasteiger partial charge < -0.3 is 5.32 Å². The van der Waals surface area contributed by atoms with Crippen LogP contribution < -0.4 is 10.0 Å². The standard InChI is InChI=1S/C13H18F2N2O2S/c1-3-16-7-9-10(14)4-5-12(13(9)15)20(18,19)17-11-6-8(11)2/h4-5,8,11,16-17H,3,6-7H2,1-2H3. The van der Waals surface area contributed by atoms with Gasteiger partial charge in [0.25, 0.3) is 0 Å². The second-order valence-electron chi connectivity index (χ2n) is 5.06. The van der Waals surface area contributed by atoms with Crippen LogP contribution in [-0.2, 0) is 16.6 Å². The summed E-state index contributed by atoms with van der Waals surface area (Å²) in [7, 11) is -3.94. The molecule has 1 saturated carbocycles. The summed E-state index contributed by atoms with van der Waals surface area (Å²) < 4.78 is 54.4. The summed E-state index contributed by atoms with van der Waals surface area (Å²) in [5.41, 5.74) is -0.251. The molecular formula is C13H18F2N2O2S. The van der Waals surface area contributed by atoms with Crippen LogP contribution in [0.1, 0.15) is 25.8 Å². The monoisotopic (exact) mass is 304 g/mol. The molecular weight excluding hydrogens is 286 g/mol. The van der Waals surface area contributed by atoms with Gasteiger partial charge in [0.2, 0.25) is 10.0 Å². The lowest BCUT2D eigenvalue weighted by Crippen LogP contribution is -2.28. The van der Waals surface area contributed by atoms with Crippen LogP contribution in [-0.4, -0.2) is 21.0 Å². The minimum Gasteiger partial charge on any atom is -0.313 e. The maximum atomic E-state index is 14.2. The second kappa shape index (κ2) is 5.75. The van der Waals surface area contributed by atoms with E-state index >= 15 is 0 Å². The molecule has 0 saturated heterocycles. The Morgan fingerprint density at radius 1 is 1.35 bits per heavy atom. The van der Waals surface area contributed by atoms with Crippen LogP contribution in [0.25, 0.3) is 0 Å². The Bertz CT molecular complexity index is 605. The SMILES string of the molecule is CCNCc1c(F)ccc(S(=O)(=O)NC2CC2C)c1F. The molecule has 1 aliphatic rings. The number of benzene rings is 1. The van der Waals surface area contributed by atoms with E-state index in [4.69, 9.17) is 0 Å². The van der Waals surface area contributed by atoms with Crippen molar-refractivity contribution >= 4 is 10.0 Å². The predicted octanol–water partition coefficient (Wildman–Crippen LogP) is 1.76. The molecule has 0 bridgehead atoms. The van der Waals surface area contributed by atoms with E-state index in [1.165, 1.54) is 0 Å². The molecule has 0 heterocycles. The molecule has 1 aromatic carbocycles. The van der Waals surface area contributed by atoms with Gasteiger partial charge >= 0.3 is 0 Å². The molecule has 1 aliphatic carbocycles. The molecule has 1 aromatic rings. The highest BCUT2D eigenvalue weighted by atomic mass is 32.2. The van der Waals surface area contributed by atoms with Gasteiger partial charge in [-0.05, 0) is 31.0 Å². The summed E-state index contributed by atoms with van der Waals surface area (Å²) in [4.78, 5) is -0.495. The lowest BCUT2D eigenvalue weighted by atomic mass is 10.2. The molecule has 1 fully saturated rings. The van der Waals surface area contributed by atoms with Crippen molar-refractivity contribution in [2.24, 2.45) is 5.92 Å². The largest absolute Gasteiger partial charge is 0.313 e. The molecule has 0 spiro atoms. The first-order valence-corrected chi connectivity index (χ1v) is 8.05. The first kappa shape index (κ1) is 15.3. The Morgan fingerprint density at radius 3 is 2.55 bits per heavy atom. The van der Waals surface area contributed by atoms with Crippen LogP contribution in [0.3, 0.4) is 0 Å². The van der Waals surface area contributed by atoms with Gasteiger partial charge in [0.1, 0.15) is 10.7 Å². The molecule has 2 atom stereocenters. The van der Waals surface area contributed by atoms with Crippen molar-refractivity contribution in [1.29, 1.82) is 0 Å². The first-order valence-electron chi connectivity index (χ1n) is 6.56. The lowest BCUT2D eigenvalue weighted by molar-refractivity contribution is 0.513. The zero-order chi connectivity index (χ0) is 14.9. The zero-order valence-corrected chi connectivity index (χ0v) is 12.2. The fraction of sp³-hybridized carbons (Fsp3) is 0.538. The molecule has 2 unspecified atom stereocenters. The minimum atomic E-state index is -3.94. The van der Waals surface area contributed by atoms with Gasteiger partial charge in [-0.15, -0.1) is 0 Å². The van der Waals surface area contributed by atoms with Crippen LogP contribution in [0.2, 0.25) is 0 Å². The highest BCUT2D eigenvalue weighted by Crippen LogP contribution is 2.31. The van der Waals surface area contributed by atoms with Crippen molar-refractivity contribution in [3.8, 4) is 0 Å². The van der Waals surface area contributed by atoms with E-state index in [0.717, 1.165) is 18.6 Å². The summed E-state index contributed by atoms with van der Waals surface area (Å²) in [6.45, 7) is 4.20. The summed E-state index contributed by atoms with van der Waals surface area (Å²) in [6.07, 6.45) is 0.742. The summed E-state index contributed by atoms with van der Waals surface area (Å²) in [5, 5.41) is 2.79. The van der Waals surface area contributed by atoms with E-state index < -0.39 is 26.6 Å². The van der Waals surface area contributed by atoms with Crippen LogP contribution >= 0.6 is 0 Å². The third-order valence-corrected chi connectivity index (χ3v) is 4.92. The van der Waals surface area contributed by atoms with Crippen LogP contribution in [0.4, 0.5) is 8.78 Å². The van der Waals surface area contributed by atoms with E-state index in [9.17, 15) is 17.2 Å². The zero-order valence-electron chi connectivity index (χ0n) is 11.4. The molecule has 7 heteroatoms.